The Morgan fingerprint density at radius 3 is 2.58 bits per heavy atom. The van der Waals surface area contributed by atoms with Crippen LogP contribution in [0, 0.1) is 18.7 Å². The molecule has 0 radical (unpaired) electrons. The van der Waals surface area contributed by atoms with Gasteiger partial charge in [0.15, 0.2) is 5.65 Å². The largest absolute Gasteiger partial charge is 0.378 e. The van der Waals surface area contributed by atoms with Crippen LogP contribution < -0.4 is 10.2 Å². The van der Waals surface area contributed by atoms with Gasteiger partial charge in [0.25, 0.3) is 5.91 Å². The molecule has 1 N–H and O–H groups in total. The van der Waals surface area contributed by atoms with E-state index in [4.69, 9.17) is 4.74 Å². The van der Waals surface area contributed by atoms with E-state index in [9.17, 15) is 13.6 Å². The maximum Gasteiger partial charge on any atom is 0.262 e. The molecule has 0 atom stereocenters. The predicted molar refractivity (Wildman–Crippen MR) is 131 cm³/mol. The average Bonchev–Trinajstić information content (AvgIpc) is 3.47. The Labute approximate surface area is 206 Å². The summed E-state index contributed by atoms with van der Waals surface area (Å²) in [5, 5.41) is 11.1. The first-order valence-corrected chi connectivity index (χ1v) is 11.7. The van der Waals surface area contributed by atoms with Gasteiger partial charge in [0, 0.05) is 31.0 Å². The van der Waals surface area contributed by atoms with E-state index in [0.717, 1.165) is 16.6 Å². The number of nitrogens with one attached hydrogen (secondary N) is 1. The molecule has 1 fully saturated rings. The van der Waals surface area contributed by atoms with Crippen molar-refractivity contribution in [1.82, 2.24) is 24.4 Å². The number of carbonyl (C=O) groups excluding carboxylic acids is 1. The fraction of sp³-hybridized carbons (Fsp3) is 0.360. The van der Waals surface area contributed by atoms with Gasteiger partial charge in [-0.05, 0) is 51.5 Å². The van der Waals surface area contributed by atoms with Crippen molar-refractivity contribution < 1.29 is 18.3 Å². The van der Waals surface area contributed by atoms with E-state index in [2.05, 4.69) is 25.4 Å². The topological polar surface area (TPSA) is 89.6 Å². The Kier molecular flexibility index (Phi) is 5.95. The number of halogens is 2. The monoisotopic (exact) mass is 495 g/mol. The molecule has 4 aromatic rings. The highest BCUT2D eigenvalue weighted by Gasteiger charge is 2.25. The number of aryl methyl sites for hydroxylation is 1. The quantitative estimate of drug-likeness (QED) is 0.460. The van der Waals surface area contributed by atoms with E-state index < -0.39 is 23.2 Å². The van der Waals surface area contributed by atoms with Crippen LogP contribution in [-0.2, 0) is 10.3 Å². The SMILES string of the molecule is Cc1cc(F)c(NC(=O)c2cnn(C(C)(C)C)c2F)cc1-c1cc(N2CCOCC2)c2nccn2n1. The number of nitrogens with zero attached hydrogens (tertiary/aromatic N) is 6. The summed E-state index contributed by atoms with van der Waals surface area (Å²) in [6, 6.07) is 4.75. The fourth-order valence-corrected chi connectivity index (χ4v) is 4.26. The van der Waals surface area contributed by atoms with Gasteiger partial charge < -0.3 is 15.0 Å². The van der Waals surface area contributed by atoms with Gasteiger partial charge in [-0.3, -0.25) is 4.79 Å². The number of aromatic nitrogens is 5. The number of benzene rings is 1. The van der Waals surface area contributed by atoms with Crippen LogP contribution in [0.15, 0.2) is 36.8 Å². The Morgan fingerprint density at radius 2 is 1.89 bits per heavy atom. The molecule has 5 rings (SSSR count). The molecule has 9 nitrogen and oxygen atoms in total. The number of hydrogen-bond donors (Lipinski definition) is 1. The molecule has 1 amide bonds. The number of anilines is 2. The van der Waals surface area contributed by atoms with Crippen LogP contribution in [-0.4, -0.2) is 56.6 Å². The van der Waals surface area contributed by atoms with Crippen LogP contribution in [0.4, 0.5) is 20.2 Å². The van der Waals surface area contributed by atoms with E-state index in [1.54, 1.807) is 44.6 Å². The predicted octanol–water partition coefficient (Wildman–Crippen LogP) is 4.02. The van der Waals surface area contributed by atoms with E-state index in [1.165, 1.54) is 12.1 Å². The first kappa shape index (κ1) is 23.9. The van der Waals surface area contributed by atoms with Crippen molar-refractivity contribution in [3.8, 4) is 11.3 Å². The maximum absolute atomic E-state index is 14.9. The maximum atomic E-state index is 14.9. The average molecular weight is 496 g/mol. The summed E-state index contributed by atoms with van der Waals surface area (Å²) in [7, 11) is 0. The summed E-state index contributed by atoms with van der Waals surface area (Å²) in [6.45, 7) is 9.72. The number of fused-ring (bicyclic) bond motifs is 1. The summed E-state index contributed by atoms with van der Waals surface area (Å²) >= 11 is 0. The first-order chi connectivity index (χ1) is 17.1. The molecular formula is C25H27F2N7O2. The second-order valence-electron chi connectivity index (χ2n) is 9.74. The zero-order chi connectivity index (χ0) is 25.6. The van der Waals surface area contributed by atoms with Crippen molar-refractivity contribution in [2.75, 3.05) is 36.5 Å². The molecule has 4 heterocycles. The van der Waals surface area contributed by atoms with Crippen molar-refractivity contribution in [2.24, 2.45) is 0 Å². The zero-order valence-electron chi connectivity index (χ0n) is 20.5. The molecule has 11 heteroatoms. The fourth-order valence-electron chi connectivity index (χ4n) is 4.26. The number of hydrogen-bond acceptors (Lipinski definition) is 6. The Balaban J connectivity index is 1.52. The highest BCUT2D eigenvalue weighted by atomic mass is 19.1. The highest BCUT2D eigenvalue weighted by molar-refractivity contribution is 6.04. The zero-order valence-corrected chi connectivity index (χ0v) is 20.5. The molecule has 0 spiro atoms. The van der Waals surface area contributed by atoms with Crippen LogP contribution >= 0.6 is 0 Å². The molecule has 0 aliphatic carbocycles. The van der Waals surface area contributed by atoms with Crippen LogP contribution in [0.25, 0.3) is 16.9 Å². The van der Waals surface area contributed by atoms with Gasteiger partial charge in [0.2, 0.25) is 5.95 Å². The highest BCUT2D eigenvalue weighted by Crippen LogP contribution is 2.32. The van der Waals surface area contributed by atoms with E-state index in [1.807, 2.05) is 6.07 Å². The van der Waals surface area contributed by atoms with Gasteiger partial charge in [0.1, 0.15) is 11.4 Å². The molecular weight excluding hydrogens is 468 g/mol. The summed E-state index contributed by atoms with van der Waals surface area (Å²) in [5.41, 5.74) is 2.45. The van der Waals surface area contributed by atoms with Gasteiger partial charge >= 0.3 is 0 Å². The second-order valence-corrected chi connectivity index (χ2v) is 9.74. The third-order valence-electron chi connectivity index (χ3n) is 6.12. The Hall–Kier alpha value is -3.86. The smallest absolute Gasteiger partial charge is 0.262 e. The lowest BCUT2D eigenvalue weighted by Crippen LogP contribution is -2.36. The van der Waals surface area contributed by atoms with E-state index in [0.29, 0.717) is 48.8 Å². The Bertz CT molecular complexity index is 1450. The first-order valence-electron chi connectivity index (χ1n) is 11.7. The summed E-state index contributed by atoms with van der Waals surface area (Å²) in [4.78, 5) is 19.5. The van der Waals surface area contributed by atoms with Crippen LogP contribution in [0.2, 0.25) is 0 Å². The van der Waals surface area contributed by atoms with Crippen LogP contribution in [0.5, 0.6) is 0 Å². The minimum absolute atomic E-state index is 0.0797. The summed E-state index contributed by atoms with van der Waals surface area (Å²) < 4.78 is 38.0. The summed E-state index contributed by atoms with van der Waals surface area (Å²) in [6.07, 6.45) is 4.57. The van der Waals surface area contributed by atoms with Crippen molar-refractivity contribution in [2.45, 2.75) is 33.2 Å². The molecule has 1 saturated heterocycles. The third kappa shape index (κ3) is 4.30. The number of rotatable bonds is 4. The molecule has 1 aliphatic heterocycles. The minimum Gasteiger partial charge on any atom is -0.378 e. The molecule has 1 aliphatic rings. The number of imidazole rings is 1. The number of morpholine rings is 1. The standard InChI is InChI=1S/C25H27F2N7O2/c1-15-11-18(26)20(30-24(35)17-14-29-34(22(17)27)25(2,3)4)12-16(15)19-13-21(32-7-9-36-10-8-32)23-28-5-6-33(23)31-19/h5-6,11-14H,7-10H2,1-4H3,(H,30,35). The van der Waals surface area contributed by atoms with Gasteiger partial charge in [-0.15, -0.1) is 0 Å². The van der Waals surface area contributed by atoms with Gasteiger partial charge in [-0.1, -0.05) is 0 Å². The molecule has 36 heavy (non-hydrogen) atoms. The molecule has 1 aromatic carbocycles. The lowest BCUT2D eigenvalue weighted by Gasteiger charge is -2.29. The number of ether oxygens (including phenoxy) is 1. The van der Waals surface area contributed by atoms with Crippen molar-refractivity contribution in [3.63, 3.8) is 0 Å². The lowest BCUT2D eigenvalue weighted by molar-refractivity contribution is 0.102. The van der Waals surface area contributed by atoms with Crippen LogP contribution in [0.1, 0.15) is 36.7 Å². The molecule has 0 bridgehead atoms. The second kappa shape index (κ2) is 8.98. The lowest BCUT2D eigenvalue weighted by atomic mass is 10.0. The number of amides is 1. The van der Waals surface area contributed by atoms with Crippen molar-refractivity contribution in [3.05, 3.63) is 59.7 Å². The van der Waals surface area contributed by atoms with Crippen molar-refractivity contribution >= 4 is 22.9 Å². The third-order valence-corrected chi connectivity index (χ3v) is 6.12. The van der Waals surface area contributed by atoms with Gasteiger partial charge in [-0.25, -0.2) is 18.6 Å². The van der Waals surface area contributed by atoms with E-state index >= 15 is 0 Å². The summed E-state index contributed by atoms with van der Waals surface area (Å²) in [5.74, 6) is -2.20. The van der Waals surface area contributed by atoms with Gasteiger partial charge in [-0.2, -0.15) is 14.6 Å². The minimum atomic E-state index is -0.788. The molecule has 0 unspecified atom stereocenters. The van der Waals surface area contributed by atoms with Gasteiger partial charge in [0.05, 0.1) is 42.0 Å². The van der Waals surface area contributed by atoms with E-state index in [-0.39, 0.29) is 11.3 Å². The molecule has 0 saturated carbocycles. The normalized spacial score (nSPS) is 14.4. The Morgan fingerprint density at radius 1 is 1.14 bits per heavy atom. The molecule has 188 valence electrons. The van der Waals surface area contributed by atoms with Crippen molar-refractivity contribution in [1.29, 1.82) is 0 Å². The number of carbonyl (C=O) groups is 1. The van der Waals surface area contributed by atoms with Crippen LogP contribution in [0.3, 0.4) is 0 Å². The molecule has 3 aromatic heterocycles.